The predicted octanol–water partition coefficient (Wildman–Crippen LogP) is 5.81. The zero-order chi connectivity index (χ0) is 22.3. The van der Waals surface area contributed by atoms with Crippen LogP contribution in [0.1, 0.15) is 87.5 Å². The Morgan fingerprint density at radius 3 is 1.39 bits per heavy atom. The molecule has 0 aliphatic carbocycles. The molecule has 9 atom stereocenters. The highest BCUT2D eigenvalue weighted by Crippen LogP contribution is 2.79. The molecule has 0 aromatic heterocycles. The lowest BCUT2D eigenvalue weighted by molar-refractivity contribution is -0.500. The number of rotatable bonds is 4. The minimum atomic E-state index is -0.521. The molecule has 0 radical (unpaired) electrons. The second-order valence-corrected chi connectivity index (χ2v) is 18.6. The van der Waals surface area contributed by atoms with E-state index in [0.29, 0.717) is 0 Å². The summed E-state index contributed by atoms with van der Waals surface area (Å²) in [5, 5.41) is -0.0558. The molecule has 8 heteroatoms. The van der Waals surface area contributed by atoms with Gasteiger partial charge in [-0.25, -0.2) is 0 Å². The highest BCUT2D eigenvalue weighted by molar-refractivity contribution is 7.61. The van der Waals surface area contributed by atoms with Crippen LogP contribution in [0.15, 0.2) is 0 Å². The molecule has 6 nitrogen and oxygen atoms in total. The molecule has 0 spiro atoms. The van der Waals surface area contributed by atoms with Crippen LogP contribution < -0.4 is 0 Å². The van der Waals surface area contributed by atoms with E-state index in [-0.39, 0.29) is 15.8 Å². The number of hydrogen-bond acceptors (Lipinski definition) is 6. The van der Waals surface area contributed by atoms with E-state index in [9.17, 15) is 0 Å². The molecular formula is C23H38O6P2. The first kappa shape index (κ1) is 22.1. The van der Waals surface area contributed by atoms with Crippen LogP contribution in [0.4, 0.5) is 0 Å². The molecule has 31 heavy (non-hydrogen) atoms. The highest BCUT2D eigenvalue weighted by Gasteiger charge is 2.72. The third-order valence-electron chi connectivity index (χ3n) is 8.30. The zero-order valence-electron chi connectivity index (χ0n) is 20.3. The van der Waals surface area contributed by atoms with Crippen molar-refractivity contribution in [3.8, 4) is 0 Å². The van der Waals surface area contributed by atoms with Crippen LogP contribution >= 0.6 is 15.8 Å². The van der Waals surface area contributed by atoms with Crippen molar-refractivity contribution < 1.29 is 28.4 Å². The minimum Gasteiger partial charge on any atom is -0.339 e. The summed E-state index contributed by atoms with van der Waals surface area (Å²) in [6.07, 6.45) is 7.04. The molecule has 8 aliphatic heterocycles. The van der Waals surface area contributed by atoms with Gasteiger partial charge in [0, 0.05) is 30.8 Å². The van der Waals surface area contributed by atoms with Crippen LogP contribution in [-0.4, -0.2) is 56.8 Å². The van der Waals surface area contributed by atoms with Crippen molar-refractivity contribution in [3.63, 3.8) is 0 Å². The Morgan fingerprint density at radius 1 is 0.516 bits per heavy atom. The molecule has 8 bridgehead atoms. The molecule has 8 fully saturated rings. The van der Waals surface area contributed by atoms with Gasteiger partial charge in [-0.2, -0.15) is 0 Å². The molecule has 0 N–H and O–H groups in total. The van der Waals surface area contributed by atoms with Gasteiger partial charge in [-0.1, -0.05) is 6.92 Å². The fourth-order valence-corrected chi connectivity index (χ4v) is 16.9. The van der Waals surface area contributed by atoms with Crippen LogP contribution in [0.5, 0.6) is 0 Å². The summed E-state index contributed by atoms with van der Waals surface area (Å²) in [7, 11) is -0.898. The quantitative estimate of drug-likeness (QED) is 0.481. The Hall–Kier alpha value is 0.620. The Bertz CT molecular complexity index is 679. The maximum Gasteiger partial charge on any atom is 0.190 e. The molecule has 8 heterocycles. The maximum absolute atomic E-state index is 6.61. The van der Waals surface area contributed by atoms with Gasteiger partial charge in [0.1, 0.15) is 0 Å². The SMILES string of the molecule is CC12C[C@@]3(C)OC(C)(O[C@@](C)(C1)O3)P2CCCP1[C@]2(C)C[C@@]3(C)O[C@](C)(C[C@]1(C)O3)O2. The summed E-state index contributed by atoms with van der Waals surface area (Å²) in [4.78, 5) is 0. The summed E-state index contributed by atoms with van der Waals surface area (Å²) in [5.74, 6) is -2.08. The normalized spacial score (nSPS) is 66.2. The lowest BCUT2D eigenvalue weighted by Gasteiger charge is -2.70. The maximum atomic E-state index is 6.61. The first-order chi connectivity index (χ1) is 14.0. The Morgan fingerprint density at radius 2 is 0.935 bits per heavy atom. The van der Waals surface area contributed by atoms with Crippen LogP contribution in [0, 0.1) is 0 Å². The van der Waals surface area contributed by atoms with Gasteiger partial charge < -0.3 is 28.4 Å². The largest absolute Gasteiger partial charge is 0.339 e. The van der Waals surface area contributed by atoms with Crippen molar-refractivity contribution in [3.05, 3.63) is 0 Å². The lowest BCUT2D eigenvalue weighted by Crippen LogP contribution is -2.72. The third kappa shape index (κ3) is 3.05. The van der Waals surface area contributed by atoms with Gasteiger partial charge in [-0.3, -0.25) is 0 Å². The third-order valence-corrected chi connectivity index (χ3v) is 15.4. The number of ether oxygens (including phenoxy) is 6. The van der Waals surface area contributed by atoms with Gasteiger partial charge in [0.25, 0.3) is 0 Å². The highest BCUT2D eigenvalue weighted by atomic mass is 31.1. The van der Waals surface area contributed by atoms with Gasteiger partial charge in [-0.05, 0) is 83.1 Å². The van der Waals surface area contributed by atoms with Crippen LogP contribution in [0.2, 0.25) is 0 Å². The summed E-state index contributed by atoms with van der Waals surface area (Å²) in [6.45, 7) is 17.6. The molecule has 0 aromatic carbocycles. The molecule has 0 saturated carbocycles. The first-order valence-corrected chi connectivity index (χ1v) is 14.9. The summed E-state index contributed by atoms with van der Waals surface area (Å²) >= 11 is 0. The van der Waals surface area contributed by atoms with E-state index in [1.807, 2.05) is 0 Å². The van der Waals surface area contributed by atoms with Gasteiger partial charge in [-0.15, -0.1) is 0 Å². The van der Waals surface area contributed by atoms with E-state index < -0.39 is 44.5 Å². The van der Waals surface area contributed by atoms with Crippen molar-refractivity contribution in [1.29, 1.82) is 0 Å². The summed E-state index contributed by atoms with van der Waals surface area (Å²) < 4.78 is 38.6. The van der Waals surface area contributed by atoms with E-state index in [1.54, 1.807) is 0 Å². The molecule has 8 saturated heterocycles. The van der Waals surface area contributed by atoms with Gasteiger partial charge >= 0.3 is 0 Å². The van der Waals surface area contributed by atoms with Crippen LogP contribution in [0.25, 0.3) is 0 Å². The van der Waals surface area contributed by atoms with Gasteiger partial charge in [0.15, 0.2) is 28.7 Å². The number of hydrogen-bond donors (Lipinski definition) is 0. The predicted molar refractivity (Wildman–Crippen MR) is 120 cm³/mol. The smallest absolute Gasteiger partial charge is 0.190 e. The molecule has 176 valence electrons. The monoisotopic (exact) mass is 472 g/mol. The molecule has 8 rings (SSSR count). The lowest BCUT2D eigenvalue weighted by atomic mass is 9.88. The van der Waals surface area contributed by atoms with Crippen molar-refractivity contribution in [1.82, 2.24) is 0 Å². The fourth-order valence-electron chi connectivity index (χ4n) is 8.67. The van der Waals surface area contributed by atoms with Crippen molar-refractivity contribution in [2.75, 3.05) is 12.3 Å². The first-order valence-electron chi connectivity index (χ1n) is 11.8. The van der Waals surface area contributed by atoms with E-state index >= 15 is 0 Å². The average Bonchev–Trinajstić information content (AvgIpc) is 2.43. The van der Waals surface area contributed by atoms with Gasteiger partial charge in [0.2, 0.25) is 0 Å². The average molecular weight is 472 g/mol. The Kier molecular flexibility index (Phi) is 4.19. The standard InChI is InChI=1S/C23H38O6P2/c1-16-12-17(2)24-18(3,13-16)29-23(8,28-17)30(16)10-9-11-31-21(6)14-19(4)25-20(5,27-21)15-22(31,7)26-19/h9-15H2,1-8H3/t16?,17-,18+,19-,20-,21+,22+,23?,30?/m0/s1. The van der Waals surface area contributed by atoms with E-state index in [1.165, 1.54) is 0 Å². The Balaban J connectivity index is 1.20. The van der Waals surface area contributed by atoms with Crippen molar-refractivity contribution in [2.24, 2.45) is 0 Å². The van der Waals surface area contributed by atoms with Crippen LogP contribution in [-0.2, 0) is 28.4 Å². The fraction of sp³-hybridized carbons (Fsp3) is 1.00. The van der Waals surface area contributed by atoms with E-state index in [2.05, 4.69) is 55.4 Å². The molecular weight excluding hydrogens is 434 g/mol. The molecule has 8 aliphatic rings. The zero-order valence-corrected chi connectivity index (χ0v) is 22.1. The van der Waals surface area contributed by atoms with E-state index in [4.69, 9.17) is 28.4 Å². The van der Waals surface area contributed by atoms with Crippen molar-refractivity contribution in [2.45, 2.75) is 132 Å². The van der Waals surface area contributed by atoms with Crippen LogP contribution in [0.3, 0.4) is 0 Å². The molecule has 0 amide bonds. The van der Waals surface area contributed by atoms with Gasteiger partial charge in [0.05, 0.1) is 10.7 Å². The molecule has 3 unspecified atom stereocenters. The summed E-state index contributed by atoms with van der Waals surface area (Å²) in [6, 6.07) is 0. The second kappa shape index (κ2) is 5.88. The Labute approximate surface area is 188 Å². The molecule has 0 aromatic rings. The van der Waals surface area contributed by atoms with E-state index in [0.717, 1.165) is 44.4 Å². The minimum absolute atomic E-state index is 0.144. The topological polar surface area (TPSA) is 55.4 Å². The van der Waals surface area contributed by atoms with Crippen molar-refractivity contribution >= 4 is 15.8 Å². The summed E-state index contributed by atoms with van der Waals surface area (Å²) in [5.41, 5.74) is -0.519. The second-order valence-electron chi connectivity index (χ2n) is 12.3.